The van der Waals surface area contributed by atoms with Crippen LogP contribution in [0.25, 0.3) is 0 Å². The normalized spacial score (nSPS) is 12.6. The summed E-state index contributed by atoms with van der Waals surface area (Å²) >= 11 is -0.291. The van der Waals surface area contributed by atoms with Crippen LogP contribution in [-0.4, -0.2) is 31.2 Å². The van der Waals surface area contributed by atoms with Gasteiger partial charge in [0, 0.05) is 24.6 Å². The lowest BCUT2D eigenvalue weighted by molar-refractivity contribution is -0.0327. The van der Waals surface area contributed by atoms with Gasteiger partial charge >= 0.3 is 5.51 Å². The van der Waals surface area contributed by atoms with Crippen LogP contribution < -0.4 is 10.5 Å². The Hall–Kier alpha value is -1.00. The molecule has 0 saturated carbocycles. The molecule has 18 heavy (non-hydrogen) atoms. The van der Waals surface area contributed by atoms with E-state index in [4.69, 9.17) is 5.73 Å². The predicted octanol–water partition coefficient (Wildman–Crippen LogP) is 1.20. The highest BCUT2D eigenvalue weighted by Gasteiger charge is 2.27. The van der Waals surface area contributed by atoms with Crippen molar-refractivity contribution < 1.29 is 21.6 Å². The summed E-state index contributed by atoms with van der Waals surface area (Å²) in [6.45, 7) is -0.325. The van der Waals surface area contributed by atoms with Crippen LogP contribution in [0.15, 0.2) is 23.2 Å². The van der Waals surface area contributed by atoms with E-state index in [1.54, 1.807) is 0 Å². The number of hydrogen-bond acceptors (Lipinski definition) is 5. The Bertz CT molecular complexity index is 505. The third-order valence-corrected chi connectivity index (χ3v) is 3.92. The SMILES string of the molecule is Nc1cc(S(=O)(=O)NCCSC(F)(F)F)ccn1. The number of alkyl halides is 3. The summed E-state index contributed by atoms with van der Waals surface area (Å²) in [5, 5.41) is 0. The maximum atomic E-state index is 11.8. The summed E-state index contributed by atoms with van der Waals surface area (Å²) in [4.78, 5) is 3.48. The van der Waals surface area contributed by atoms with Crippen LogP contribution in [-0.2, 0) is 10.0 Å². The number of nitrogen functional groups attached to an aromatic ring is 1. The summed E-state index contributed by atoms with van der Waals surface area (Å²) in [5.41, 5.74) is 0.942. The van der Waals surface area contributed by atoms with E-state index in [0.29, 0.717) is 0 Å². The topological polar surface area (TPSA) is 85.1 Å². The average Bonchev–Trinajstić information content (AvgIpc) is 2.23. The van der Waals surface area contributed by atoms with Crippen LogP contribution in [0.3, 0.4) is 0 Å². The zero-order valence-corrected chi connectivity index (χ0v) is 10.6. The Labute approximate surface area is 106 Å². The molecule has 1 aromatic rings. The second kappa shape index (κ2) is 5.76. The quantitative estimate of drug-likeness (QED) is 0.798. The number of pyridine rings is 1. The highest BCUT2D eigenvalue weighted by Crippen LogP contribution is 2.29. The van der Waals surface area contributed by atoms with Crippen LogP contribution in [0.1, 0.15) is 0 Å². The van der Waals surface area contributed by atoms with Crippen molar-refractivity contribution in [2.45, 2.75) is 10.4 Å². The fourth-order valence-electron chi connectivity index (χ4n) is 1.02. The molecule has 5 nitrogen and oxygen atoms in total. The highest BCUT2D eigenvalue weighted by molar-refractivity contribution is 8.00. The van der Waals surface area contributed by atoms with Crippen molar-refractivity contribution in [2.75, 3.05) is 18.0 Å². The average molecular weight is 301 g/mol. The molecule has 0 aromatic carbocycles. The van der Waals surface area contributed by atoms with Crippen LogP contribution in [0.2, 0.25) is 0 Å². The van der Waals surface area contributed by atoms with E-state index in [0.717, 1.165) is 6.07 Å². The summed E-state index contributed by atoms with van der Waals surface area (Å²) in [5.74, 6) is -0.383. The molecule has 1 aromatic heterocycles. The smallest absolute Gasteiger partial charge is 0.384 e. The molecule has 10 heteroatoms. The largest absolute Gasteiger partial charge is 0.441 e. The van der Waals surface area contributed by atoms with Gasteiger partial charge in [-0.25, -0.2) is 18.1 Å². The number of halogens is 3. The van der Waals surface area contributed by atoms with Crippen molar-refractivity contribution in [1.82, 2.24) is 9.71 Å². The van der Waals surface area contributed by atoms with Crippen LogP contribution in [0, 0.1) is 0 Å². The lowest BCUT2D eigenvalue weighted by atomic mass is 10.5. The van der Waals surface area contributed by atoms with Gasteiger partial charge in [-0.1, -0.05) is 0 Å². The van der Waals surface area contributed by atoms with Crippen molar-refractivity contribution in [3.05, 3.63) is 18.3 Å². The first-order chi connectivity index (χ1) is 8.21. The highest BCUT2D eigenvalue weighted by atomic mass is 32.2. The monoisotopic (exact) mass is 301 g/mol. The van der Waals surface area contributed by atoms with Gasteiger partial charge in [0.1, 0.15) is 5.82 Å². The Morgan fingerprint density at radius 2 is 2.11 bits per heavy atom. The molecule has 1 heterocycles. The van der Waals surface area contributed by atoms with Crippen molar-refractivity contribution in [2.24, 2.45) is 0 Å². The lowest BCUT2D eigenvalue weighted by Gasteiger charge is -2.08. The predicted molar refractivity (Wildman–Crippen MR) is 62.4 cm³/mol. The second-order valence-electron chi connectivity index (χ2n) is 3.11. The first kappa shape index (κ1) is 15.1. The molecule has 102 valence electrons. The number of thioether (sulfide) groups is 1. The van der Waals surface area contributed by atoms with Gasteiger partial charge in [0.25, 0.3) is 0 Å². The standard InChI is InChI=1S/C8H10F3N3O2S2/c9-8(10,11)17-4-3-14-18(15,16)6-1-2-13-7(12)5-6/h1-2,5,14H,3-4H2,(H2,12,13). The zero-order chi connectivity index (χ0) is 13.8. The summed E-state index contributed by atoms with van der Waals surface area (Å²) in [7, 11) is -3.85. The molecule has 0 fully saturated rings. The fraction of sp³-hybridized carbons (Fsp3) is 0.375. The van der Waals surface area contributed by atoms with Gasteiger partial charge in [0.2, 0.25) is 10.0 Å². The minimum Gasteiger partial charge on any atom is -0.384 e. The van der Waals surface area contributed by atoms with Gasteiger partial charge < -0.3 is 5.73 Å². The van der Waals surface area contributed by atoms with Crippen molar-refractivity contribution in [3.8, 4) is 0 Å². The number of nitrogens with two attached hydrogens (primary N) is 1. The van der Waals surface area contributed by atoms with Crippen molar-refractivity contribution in [3.63, 3.8) is 0 Å². The third kappa shape index (κ3) is 5.10. The maximum absolute atomic E-state index is 11.8. The van der Waals surface area contributed by atoms with Crippen LogP contribution >= 0.6 is 11.8 Å². The van der Waals surface area contributed by atoms with Crippen LogP contribution in [0.5, 0.6) is 0 Å². The number of anilines is 1. The number of nitrogens with zero attached hydrogens (tertiary/aromatic N) is 1. The molecule has 0 amide bonds. The summed E-state index contributed by atoms with van der Waals surface area (Å²) in [6, 6.07) is 2.33. The molecule has 0 unspecified atom stereocenters. The molecule has 0 atom stereocenters. The zero-order valence-electron chi connectivity index (χ0n) is 8.94. The maximum Gasteiger partial charge on any atom is 0.441 e. The number of hydrogen-bond donors (Lipinski definition) is 2. The van der Waals surface area contributed by atoms with Gasteiger partial charge in [-0.15, -0.1) is 0 Å². The second-order valence-corrected chi connectivity index (χ2v) is 6.04. The molecule has 1 rings (SSSR count). The van der Waals surface area contributed by atoms with Gasteiger partial charge in [0.05, 0.1) is 4.90 Å². The van der Waals surface area contributed by atoms with Crippen LogP contribution in [0.4, 0.5) is 19.0 Å². The number of sulfonamides is 1. The molecule has 0 aliphatic carbocycles. The van der Waals surface area contributed by atoms with Crippen molar-refractivity contribution in [1.29, 1.82) is 0 Å². The van der Waals surface area contributed by atoms with E-state index in [2.05, 4.69) is 4.98 Å². The van der Waals surface area contributed by atoms with E-state index < -0.39 is 21.3 Å². The van der Waals surface area contributed by atoms with Crippen molar-refractivity contribution >= 4 is 27.6 Å². The molecular weight excluding hydrogens is 291 g/mol. The first-order valence-electron chi connectivity index (χ1n) is 4.62. The Balaban J connectivity index is 2.56. The van der Waals surface area contributed by atoms with Gasteiger partial charge in [-0.2, -0.15) is 13.2 Å². The molecule has 0 bridgehead atoms. The minimum absolute atomic E-state index is 0.0162. The number of nitrogens with one attached hydrogen (secondary N) is 1. The number of aromatic nitrogens is 1. The first-order valence-corrected chi connectivity index (χ1v) is 7.09. The van der Waals surface area contributed by atoms with E-state index in [9.17, 15) is 21.6 Å². The third-order valence-electron chi connectivity index (χ3n) is 1.72. The van der Waals surface area contributed by atoms with E-state index in [-0.39, 0.29) is 29.0 Å². The molecule has 0 aliphatic rings. The Morgan fingerprint density at radius 3 is 2.67 bits per heavy atom. The molecule has 3 N–H and O–H groups in total. The molecule has 0 radical (unpaired) electrons. The summed E-state index contributed by atoms with van der Waals surface area (Å²) in [6.07, 6.45) is 1.20. The molecule has 0 aliphatic heterocycles. The minimum atomic E-state index is -4.37. The summed E-state index contributed by atoms with van der Waals surface area (Å²) < 4.78 is 60.7. The van der Waals surface area contributed by atoms with E-state index in [1.165, 1.54) is 12.3 Å². The molecular formula is C8H10F3N3O2S2. The Morgan fingerprint density at radius 1 is 1.44 bits per heavy atom. The Kier molecular flexibility index (Phi) is 4.82. The van der Waals surface area contributed by atoms with Gasteiger partial charge in [-0.3, -0.25) is 0 Å². The van der Waals surface area contributed by atoms with E-state index in [1.807, 2.05) is 4.72 Å². The fourth-order valence-corrected chi connectivity index (χ4v) is 2.64. The molecule has 0 spiro atoms. The molecule has 0 saturated heterocycles. The van der Waals surface area contributed by atoms with E-state index >= 15 is 0 Å². The number of rotatable bonds is 5. The van der Waals surface area contributed by atoms with Gasteiger partial charge in [0.15, 0.2) is 0 Å². The van der Waals surface area contributed by atoms with Gasteiger partial charge in [-0.05, 0) is 17.8 Å². The lowest BCUT2D eigenvalue weighted by Crippen LogP contribution is -2.26.